The van der Waals surface area contributed by atoms with Gasteiger partial charge in [-0.2, -0.15) is 0 Å². The van der Waals surface area contributed by atoms with E-state index in [0.29, 0.717) is 5.75 Å². The van der Waals surface area contributed by atoms with E-state index in [2.05, 4.69) is 24.8 Å². The number of aromatic hydroxyl groups is 1. The first-order valence-electron chi connectivity index (χ1n) is 6.11. The fraction of sp³-hybridized carbons (Fsp3) is 0.571. The van der Waals surface area contributed by atoms with Crippen molar-refractivity contribution in [2.75, 3.05) is 19.7 Å². The number of phenols is 1. The summed E-state index contributed by atoms with van der Waals surface area (Å²) < 4.78 is 5.68. The molecule has 17 heavy (non-hydrogen) atoms. The van der Waals surface area contributed by atoms with Crippen molar-refractivity contribution in [3.8, 4) is 5.75 Å². The van der Waals surface area contributed by atoms with Gasteiger partial charge in [-0.25, -0.2) is 0 Å². The van der Waals surface area contributed by atoms with Crippen LogP contribution in [0.25, 0.3) is 0 Å². The Kier molecular flexibility index (Phi) is 3.40. The van der Waals surface area contributed by atoms with Crippen molar-refractivity contribution in [2.24, 2.45) is 0 Å². The second-order valence-electron chi connectivity index (χ2n) is 5.45. The van der Waals surface area contributed by atoms with Crippen LogP contribution in [0.1, 0.15) is 25.0 Å². The lowest BCUT2D eigenvalue weighted by Gasteiger charge is -2.38. The Morgan fingerprint density at radius 2 is 2.18 bits per heavy atom. The number of hydrogen-bond donors (Lipinski definition) is 1. The zero-order chi connectivity index (χ0) is 12.5. The summed E-state index contributed by atoms with van der Waals surface area (Å²) in [6.07, 6.45) is 0. The van der Waals surface area contributed by atoms with Crippen LogP contribution in [0.2, 0.25) is 0 Å². The molecule has 0 aliphatic carbocycles. The van der Waals surface area contributed by atoms with Crippen LogP contribution in [0.5, 0.6) is 5.75 Å². The first-order valence-corrected chi connectivity index (χ1v) is 6.11. The van der Waals surface area contributed by atoms with E-state index in [1.165, 1.54) is 5.56 Å². The first kappa shape index (κ1) is 12.4. The summed E-state index contributed by atoms with van der Waals surface area (Å²) in [5, 5.41) is 9.84. The average Bonchev–Trinajstić information content (AvgIpc) is 2.22. The highest BCUT2D eigenvalue weighted by Gasteiger charge is 2.27. The minimum Gasteiger partial charge on any atom is -0.508 e. The number of rotatable bonds is 2. The van der Waals surface area contributed by atoms with Crippen molar-refractivity contribution in [3.05, 3.63) is 29.3 Å². The molecule has 94 valence electrons. The van der Waals surface area contributed by atoms with Gasteiger partial charge < -0.3 is 9.84 Å². The lowest BCUT2D eigenvalue weighted by atomic mass is 10.1. The van der Waals surface area contributed by atoms with Crippen LogP contribution in [-0.2, 0) is 11.3 Å². The molecule has 0 amide bonds. The van der Waals surface area contributed by atoms with Gasteiger partial charge in [0, 0.05) is 25.2 Å². The van der Waals surface area contributed by atoms with E-state index in [-0.39, 0.29) is 5.60 Å². The molecule has 0 aromatic heterocycles. The summed E-state index contributed by atoms with van der Waals surface area (Å²) in [5.74, 6) is 0.389. The monoisotopic (exact) mass is 235 g/mol. The molecule has 2 rings (SSSR count). The van der Waals surface area contributed by atoms with Crippen LogP contribution in [0.4, 0.5) is 0 Å². The zero-order valence-corrected chi connectivity index (χ0v) is 10.9. The van der Waals surface area contributed by atoms with Gasteiger partial charge in [0.15, 0.2) is 0 Å². The van der Waals surface area contributed by atoms with E-state index < -0.39 is 0 Å². The highest BCUT2D eigenvalue weighted by atomic mass is 16.5. The van der Waals surface area contributed by atoms with Gasteiger partial charge in [-0.15, -0.1) is 0 Å². The molecule has 1 N–H and O–H groups in total. The maximum atomic E-state index is 9.84. The molecule has 0 bridgehead atoms. The van der Waals surface area contributed by atoms with Crippen LogP contribution < -0.4 is 0 Å². The molecule has 0 atom stereocenters. The largest absolute Gasteiger partial charge is 0.508 e. The summed E-state index contributed by atoms with van der Waals surface area (Å²) in [5.41, 5.74) is 2.10. The van der Waals surface area contributed by atoms with Crippen LogP contribution in [0.15, 0.2) is 18.2 Å². The van der Waals surface area contributed by atoms with Gasteiger partial charge in [-0.05, 0) is 26.8 Å². The Balaban J connectivity index is 2.07. The number of nitrogens with zero attached hydrogens (tertiary/aromatic N) is 1. The zero-order valence-electron chi connectivity index (χ0n) is 10.9. The number of hydrogen-bond acceptors (Lipinski definition) is 3. The predicted molar refractivity (Wildman–Crippen MR) is 68.2 cm³/mol. The van der Waals surface area contributed by atoms with Gasteiger partial charge in [0.05, 0.1) is 12.2 Å². The molecule has 3 heteroatoms. The van der Waals surface area contributed by atoms with Crippen molar-refractivity contribution in [1.82, 2.24) is 4.90 Å². The summed E-state index contributed by atoms with van der Waals surface area (Å²) in [6.45, 7) is 9.65. The topological polar surface area (TPSA) is 32.7 Å². The second-order valence-corrected chi connectivity index (χ2v) is 5.45. The van der Waals surface area contributed by atoms with Gasteiger partial charge in [0.25, 0.3) is 0 Å². The van der Waals surface area contributed by atoms with E-state index in [1.807, 2.05) is 13.0 Å². The van der Waals surface area contributed by atoms with Crippen molar-refractivity contribution in [3.63, 3.8) is 0 Å². The molecule has 1 aliphatic heterocycles. The van der Waals surface area contributed by atoms with Crippen molar-refractivity contribution in [1.29, 1.82) is 0 Å². The average molecular weight is 235 g/mol. The molecular formula is C14H21NO2. The predicted octanol–water partition coefficient (Wildman–Crippen LogP) is 2.31. The van der Waals surface area contributed by atoms with Crippen LogP contribution in [0, 0.1) is 6.92 Å². The lowest BCUT2D eigenvalue weighted by Crippen LogP contribution is -2.47. The number of ether oxygens (including phenoxy) is 1. The Morgan fingerprint density at radius 1 is 1.41 bits per heavy atom. The summed E-state index contributed by atoms with van der Waals surface area (Å²) in [6, 6.07) is 5.76. The fourth-order valence-electron chi connectivity index (χ4n) is 2.33. The Hall–Kier alpha value is -1.06. The van der Waals surface area contributed by atoms with Crippen molar-refractivity contribution >= 4 is 0 Å². The van der Waals surface area contributed by atoms with E-state index in [1.54, 1.807) is 6.07 Å². The third-order valence-corrected chi connectivity index (χ3v) is 3.13. The molecule has 0 radical (unpaired) electrons. The maximum Gasteiger partial charge on any atom is 0.120 e. The quantitative estimate of drug-likeness (QED) is 0.854. The van der Waals surface area contributed by atoms with Crippen LogP contribution in [0.3, 0.4) is 0 Å². The summed E-state index contributed by atoms with van der Waals surface area (Å²) in [7, 11) is 0. The number of morpholine rings is 1. The van der Waals surface area contributed by atoms with Gasteiger partial charge in [-0.3, -0.25) is 4.90 Å². The van der Waals surface area contributed by atoms with E-state index in [0.717, 1.165) is 31.8 Å². The summed E-state index contributed by atoms with van der Waals surface area (Å²) in [4.78, 5) is 2.33. The van der Waals surface area contributed by atoms with E-state index >= 15 is 0 Å². The molecule has 1 saturated heterocycles. The van der Waals surface area contributed by atoms with Gasteiger partial charge in [-0.1, -0.05) is 17.7 Å². The summed E-state index contributed by atoms with van der Waals surface area (Å²) >= 11 is 0. The minimum atomic E-state index is -0.0856. The third-order valence-electron chi connectivity index (χ3n) is 3.13. The van der Waals surface area contributed by atoms with Crippen LogP contribution >= 0.6 is 0 Å². The van der Waals surface area contributed by atoms with Crippen molar-refractivity contribution < 1.29 is 9.84 Å². The second kappa shape index (κ2) is 4.67. The lowest BCUT2D eigenvalue weighted by molar-refractivity contribution is -0.0883. The highest BCUT2D eigenvalue weighted by Crippen LogP contribution is 2.23. The Labute approximate surface area is 103 Å². The molecular weight excluding hydrogens is 214 g/mol. The fourth-order valence-corrected chi connectivity index (χ4v) is 2.33. The number of benzene rings is 1. The Morgan fingerprint density at radius 3 is 2.88 bits per heavy atom. The van der Waals surface area contributed by atoms with E-state index in [9.17, 15) is 5.11 Å². The first-order chi connectivity index (χ1) is 7.96. The Bertz CT molecular complexity index is 401. The third kappa shape index (κ3) is 3.20. The highest BCUT2D eigenvalue weighted by molar-refractivity contribution is 5.35. The molecule has 1 heterocycles. The molecule has 3 nitrogen and oxygen atoms in total. The maximum absolute atomic E-state index is 9.84. The van der Waals surface area contributed by atoms with Crippen LogP contribution in [-0.4, -0.2) is 35.3 Å². The van der Waals surface area contributed by atoms with E-state index in [4.69, 9.17) is 4.74 Å². The molecule has 1 aromatic carbocycles. The molecule has 0 saturated carbocycles. The van der Waals surface area contributed by atoms with Crippen molar-refractivity contribution in [2.45, 2.75) is 32.9 Å². The molecule has 1 aliphatic rings. The molecule has 1 fully saturated rings. The van der Waals surface area contributed by atoms with Gasteiger partial charge in [0.1, 0.15) is 5.75 Å². The molecule has 0 spiro atoms. The SMILES string of the molecule is Cc1ccc(O)c(CN2CCOC(C)(C)C2)c1. The number of aryl methyl sites for hydroxylation is 1. The smallest absolute Gasteiger partial charge is 0.120 e. The standard InChI is InChI=1S/C14H21NO2/c1-11-4-5-13(16)12(8-11)9-15-6-7-17-14(2,3)10-15/h4-5,8,16H,6-7,9-10H2,1-3H3. The van der Waals surface area contributed by atoms with Gasteiger partial charge >= 0.3 is 0 Å². The van der Waals surface area contributed by atoms with Gasteiger partial charge in [0.2, 0.25) is 0 Å². The molecule has 0 unspecified atom stereocenters. The number of phenolic OH excluding ortho intramolecular Hbond substituents is 1. The normalized spacial score (nSPS) is 20.4. The minimum absolute atomic E-state index is 0.0856. The molecule has 1 aromatic rings.